The molecule has 3 fully saturated rings. The van der Waals surface area contributed by atoms with Crippen LogP contribution in [-0.4, -0.2) is 41.9 Å². The Kier molecular flexibility index (Phi) is 5.12. The molecule has 0 atom stereocenters. The third kappa shape index (κ3) is 4.25. The van der Waals surface area contributed by atoms with E-state index in [2.05, 4.69) is 41.1 Å². The molecule has 136 valence electrons. The first kappa shape index (κ1) is 17.1. The lowest BCUT2D eigenvalue weighted by Gasteiger charge is -2.32. The highest BCUT2D eigenvalue weighted by Crippen LogP contribution is 2.35. The third-order valence-electron chi connectivity index (χ3n) is 6.46. The smallest absolute Gasteiger partial charge is 0.226 e. The quantitative estimate of drug-likeness (QED) is 0.785. The number of hydrogen-bond donors (Lipinski definition) is 0. The minimum Gasteiger partial charge on any atom is -0.335 e. The number of amides is 1. The highest BCUT2D eigenvalue weighted by atomic mass is 16.2. The zero-order chi connectivity index (χ0) is 17.2. The van der Waals surface area contributed by atoms with Gasteiger partial charge in [-0.3, -0.25) is 4.79 Å². The van der Waals surface area contributed by atoms with E-state index in [0.717, 1.165) is 25.3 Å². The first-order valence-corrected chi connectivity index (χ1v) is 10.3. The third-order valence-corrected chi connectivity index (χ3v) is 6.46. The topological polar surface area (TPSA) is 23.6 Å². The van der Waals surface area contributed by atoms with Crippen LogP contribution in [-0.2, 0) is 17.8 Å². The average molecular weight is 341 g/mol. The van der Waals surface area contributed by atoms with Crippen molar-refractivity contribution in [2.75, 3.05) is 20.1 Å². The molecule has 0 spiro atoms. The van der Waals surface area contributed by atoms with Crippen molar-refractivity contribution in [3.05, 3.63) is 35.4 Å². The lowest BCUT2D eigenvalue weighted by Crippen LogP contribution is -2.39. The molecule has 3 aliphatic rings. The summed E-state index contributed by atoms with van der Waals surface area (Å²) in [5.74, 6) is 1.58. The summed E-state index contributed by atoms with van der Waals surface area (Å²) in [6.45, 7) is 3.29. The van der Waals surface area contributed by atoms with Gasteiger partial charge in [0.25, 0.3) is 0 Å². The maximum atomic E-state index is 12.7. The predicted octanol–water partition coefficient (Wildman–Crippen LogP) is 3.86. The molecule has 4 rings (SSSR count). The molecule has 1 heterocycles. The Bertz CT molecular complexity index is 581. The maximum absolute atomic E-state index is 12.7. The van der Waals surface area contributed by atoms with E-state index in [1.54, 1.807) is 0 Å². The van der Waals surface area contributed by atoms with Gasteiger partial charge in [-0.2, -0.15) is 0 Å². The molecule has 1 amide bonds. The van der Waals surface area contributed by atoms with Crippen LogP contribution >= 0.6 is 0 Å². The van der Waals surface area contributed by atoms with Gasteiger partial charge in [-0.25, -0.2) is 0 Å². The Morgan fingerprint density at radius 2 is 1.64 bits per heavy atom. The number of carbonyl (C=O) groups excluding carboxylic acids is 1. The predicted molar refractivity (Wildman–Crippen MR) is 101 cm³/mol. The molecular formula is C22H32N2O. The van der Waals surface area contributed by atoms with Gasteiger partial charge in [-0.05, 0) is 82.1 Å². The fourth-order valence-electron chi connectivity index (χ4n) is 4.24. The number of nitrogens with zero attached hydrogens (tertiary/aromatic N) is 2. The number of benzene rings is 1. The first-order valence-electron chi connectivity index (χ1n) is 10.3. The molecule has 1 aromatic carbocycles. The van der Waals surface area contributed by atoms with Crippen LogP contribution in [0.1, 0.15) is 56.1 Å². The van der Waals surface area contributed by atoms with Gasteiger partial charge in [-0.1, -0.05) is 30.7 Å². The monoisotopic (exact) mass is 340 g/mol. The summed E-state index contributed by atoms with van der Waals surface area (Å²) in [7, 11) is 2.22. The van der Waals surface area contributed by atoms with Gasteiger partial charge >= 0.3 is 0 Å². The second kappa shape index (κ2) is 7.49. The summed E-state index contributed by atoms with van der Waals surface area (Å²) in [4.78, 5) is 17.3. The Morgan fingerprint density at radius 3 is 2.20 bits per heavy atom. The van der Waals surface area contributed by atoms with Crippen molar-refractivity contribution in [2.24, 2.45) is 11.8 Å². The lowest BCUT2D eigenvalue weighted by molar-refractivity contribution is -0.139. The largest absolute Gasteiger partial charge is 0.335 e. The van der Waals surface area contributed by atoms with E-state index in [1.165, 1.54) is 62.7 Å². The van der Waals surface area contributed by atoms with Gasteiger partial charge in [0, 0.05) is 18.5 Å². The van der Waals surface area contributed by atoms with Crippen LogP contribution < -0.4 is 0 Å². The molecule has 0 radical (unpaired) electrons. The molecule has 2 aliphatic carbocycles. The maximum Gasteiger partial charge on any atom is 0.226 e. The summed E-state index contributed by atoms with van der Waals surface area (Å²) >= 11 is 0. The van der Waals surface area contributed by atoms with E-state index >= 15 is 0 Å². The highest BCUT2D eigenvalue weighted by Gasteiger charge is 2.37. The van der Waals surface area contributed by atoms with Crippen LogP contribution in [0.25, 0.3) is 0 Å². The SMILES string of the molecule is CN1CCC(Cc2ccc(CN(C(=O)C3CCC3)C3CC3)cc2)CC1. The second-order valence-electron chi connectivity index (χ2n) is 8.59. The van der Waals surface area contributed by atoms with Crippen molar-refractivity contribution in [2.45, 2.75) is 64.0 Å². The number of piperidine rings is 1. The molecule has 3 nitrogen and oxygen atoms in total. The number of hydrogen-bond acceptors (Lipinski definition) is 2. The number of carbonyl (C=O) groups is 1. The van der Waals surface area contributed by atoms with Crippen molar-refractivity contribution >= 4 is 5.91 Å². The molecular weight excluding hydrogens is 308 g/mol. The molecule has 0 N–H and O–H groups in total. The van der Waals surface area contributed by atoms with Crippen LogP contribution in [0.2, 0.25) is 0 Å². The van der Waals surface area contributed by atoms with Crippen LogP contribution in [0, 0.1) is 11.8 Å². The Morgan fingerprint density at radius 1 is 1.00 bits per heavy atom. The van der Waals surface area contributed by atoms with E-state index < -0.39 is 0 Å². The van der Waals surface area contributed by atoms with Crippen molar-refractivity contribution in [3.63, 3.8) is 0 Å². The van der Waals surface area contributed by atoms with Gasteiger partial charge in [0.2, 0.25) is 5.91 Å². The molecule has 1 saturated heterocycles. The van der Waals surface area contributed by atoms with Crippen molar-refractivity contribution in [3.8, 4) is 0 Å². The van der Waals surface area contributed by atoms with E-state index in [9.17, 15) is 4.79 Å². The summed E-state index contributed by atoms with van der Waals surface area (Å²) in [6.07, 6.45) is 9.71. The fourth-order valence-corrected chi connectivity index (χ4v) is 4.24. The summed E-state index contributed by atoms with van der Waals surface area (Å²) in [5, 5.41) is 0. The standard InChI is InChI=1S/C22H32N2O/c1-23-13-11-18(12-14-23)15-17-5-7-19(8-6-17)16-24(21-9-10-21)22(25)20-3-2-4-20/h5-8,18,20-21H,2-4,9-16H2,1H3. The van der Waals surface area contributed by atoms with E-state index in [4.69, 9.17) is 0 Å². The molecule has 0 bridgehead atoms. The van der Waals surface area contributed by atoms with Gasteiger partial charge in [0.1, 0.15) is 0 Å². The van der Waals surface area contributed by atoms with Crippen LogP contribution in [0.5, 0.6) is 0 Å². The van der Waals surface area contributed by atoms with Crippen LogP contribution in [0.3, 0.4) is 0 Å². The second-order valence-corrected chi connectivity index (χ2v) is 8.59. The lowest BCUT2D eigenvalue weighted by atomic mass is 9.84. The zero-order valence-electron chi connectivity index (χ0n) is 15.6. The fraction of sp³-hybridized carbons (Fsp3) is 0.682. The van der Waals surface area contributed by atoms with Gasteiger partial charge < -0.3 is 9.80 Å². The summed E-state index contributed by atoms with van der Waals surface area (Å²) in [6, 6.07) is 9.63. The van der Waals surface area contributed by atoms with Crippen molar-refractivity contribution in [1.29, 1.82) is 0 Å². The Labute approximate surface area is 152 Å². The minimum atomic E-state index is 0.323. The van der Waals surface area contributed by atoms with E-state index in [1.807, 2.05) is 0 Å². The van der Waals surface area contributed by atoms with E-state index in [0.29, 0.717) is 17.9 Å². The van der Waals surface area contributed by atoms with Crippen LogP contribution in [0.4, 0.5) is 0 Å². The highest BCUT2D eigenvalue weighted by molar-refractivity contribution is 5.80. The Hall–Kier alpha value is -1.35. The number of likely N-dealkylation sites (tertiary alicyclic amines) is 1. The molecule has 25 heavy (non-hydrogen) atoms. The van der Waals surface area contributed by atoms with Gasteiger partial charge in [0.15, 0.2) is 0 Å². The number of rotatable bonds is 6. The molecule has 1 aliphatic heterocycles. The van der Waals surface area contributed by atoms with Crippen molar-refractivity contribution in [1.82, 2.24) is 9.80 Å². The summed E-state index contributed by atoms with van der Waals surface area (Å²) < 4.78 is 0. The molecule has 0 unspecified atom stereocenters. The molecule has 1 aromatic rings. The zero-order valence-corrected chi connectivity index (χ0v) is 15.6. The molecule has 0 aromatic heterocycles. The average Bonchev–Trinajstić information content (AvgIpc) is 3.39. The normalized spacial score (nSPS) is 22.6. The first-order chi connectivity index (χ1) is 12.2. The minimum absolute atomic E-state index is 0.323. The van der Waals surface area contributed by atoms with Gasteiger partial charge in [0.05, 0.1) is 0 Å². The molecule has 2 saturated carbocycles. The molecule has 3 heteroatoms. The van der Waals surface area contributed by atoms with Crippen molar-refractivity contribution < 1.29 is 4.79 Å². The van der Waals surface area contributed by atoms with Gasteiger partial charge in [-0.15, -0.1) is 0 Å². The van der Waals surface area contributed by atoms with E-state index in [-0.39, 0.29) is 0 Å². The Balaban J connectivity index is 1.33. The van der Waals surface area contributed by atoms with Crippen LogP contribution in [0.15, 0.2) is 24.3 Å². The summed E-state index contributed by atoms with van der Waals surface area (Å²) in [5.41, 5.74) is 2.76.